The molecule has 1 aromatic heterocycles. The lowest BCUT2D eigenvalue weighted by molar-refractivity contribution is -0.134. The molecule has 9 heteroatoms. The molecule has 0 aliphatic carbocycles. The van der Waals surface area contributed by atoms with Gasteiger partial charge in [0.25, 0.3) is 0 Å². The molecule has 4 rings (SSSR count). The quantitative estimate of drug-likeness (QED) is 0.112. The molecule has 184 valence electrons. The Balaban J connectivity index is 1.62. The molecule has 36 heavy (non-hydrogen) atoms. The van der Waals surface area contributed by atoms with Gasteiger partial charge in [0.1, 0.15) is 11.6 Å². The Bertz CT molecular complexity index is 1290. The summed E-state index contributed by atoms with van der Waals surface area (Å²) in [4.78, 5) is 12.7. The molecule has 0 radical (unpaired) electrons. The zero-order chi connectivity index (χ0) is 25.2. The summed E-state index contributed by atoms with van der Waals surface area (Å²) in [6.07, 6.45) is 1.50. The number of thioether (sulfide) groups is 1. The molecule has 0 atom stereocenters. The minimum absolute atomic E-state index is 0.117. The zero-order valence-electron chi connectivity index (χ0n) is 20.1. The van der Waals surface area contributed by atoms with Gasteiger partial charge in [-0.2, -0.15) is 5.10 Å². The number of anilines is 1. The van der Waals surface area contributed by atoms with Crippen LogP contribution in [0.5, 0.6) is 5.75 Å². The first kappa shape index (κ1) is 25.0. The molecule has 0 saturated heterocycles. The first-order chi connectivity index (χ1) is 17.7. The summed E-state index contributed by atoms with van der Waals surface area (Å²) in [5.74, 6) is 0.972. The number of methoxy groups -OCH3 is 1. The number of aryl methyl sites for hydroxylation is 2. The normalized spacial score (nSPS) is 11.2. The molecule has 0 bridgehead atoms. The molecule has 0 spiro atoms. The highest BCUT2D eigenvalue weighted by Gasteiger charge is 2.22. The van der Waals surface area contributed by atoms with Crippen LogP contribution < -0.4 is 10.2 Å². The van der Waals surface area contributed by atoms with Crippen LogP contribution >= 0.6 is 11.8 Å². The number of hydrazone groups is 1. The molecule has 1 N–H and O–H groups in total. The van der Waals surface area contributed by atoms with Gasteiger partial charge in [0, 0.05) is 12.1 Å². The van der Waals surface area contributed by atoms with Crippen molar-refractivity contribution in [3.05, 3.63) is 96.3 Å². The summed E-state index contributed by atoms with van der Waals surface area (Å²) < 4.78 is 12.4. The van der Waals surface area contributed by atoms with E-state index in [0.29, 0.717) is 17.3 Å². The third-order valence-electron chi connectivity index (χ3n) is 5.21. The van der Waals surface area contributed by atoms with Crippen LogP contribution in [0.2, 0.25) is 0 Å². The predicted molar refractivity (Wildman–Crippen MR) is 142 cm³/mol. The van der Waals surface area contributed by atoms with Gasteiger partial charge in [0.05, 0.1) is 19.4 Å². The van der Waals surface area contributed by atoms with Gasteiger partial charge in [0.2, 0.25) is 10.2 Å². The molecule has 0 unspecified atom stereocenters. The van der Waals surface area contributed by atoms with Gasteiger partial charge < -0.3 is 9.47 Å². The number of hydrogen-bond donors (Lipinski definition) is 1. The lowest BCUT2D eigenvalue weighted by Crippen LogP contribution is -2.17. The molecule has 0 amide bonds. The van der Waals surface area contributed by atoms with Crippen LogP contribution in [0.4, 0.5) is 5.69 Å². The first-order valence-electron chi connectivity index (χ1n) is 11.5. The van der Waals surface area contributed by atoms with Gasteiger partial charge in [-0.05, 0) is 67.1 Å². The highest BCUT2D eigenvalue weighted by atomic mass is 32.2. The van der Waals surface area contributed by atoms with Crippen LogP contribution in [0.15, 0.2) is 95.2 Å². The van der Waals surface area contributed by atoms with Crippen molar-refractivity contribution in [2.24, 2.45) is 5.10 Å². The second kappa shape index (κ2) is 12.6. The number of rotatable bonds is 9. The minimum atomic E-state index is -0.544. The minimum Gasteiger partial charge on any atom is -0.497 e. The number of aromatic nitrogens is 3. The van der Waals surface area contributed by atoms with E-state index in [-0.39, 0.29) is 11.7 Å². The number of nitrogens with zero attached hydrogens (tertiary/aromatic N) is 4. The topological polar surface area (TPSA) is 90.6 Å². The lowest BCUT2D eigenvalue weighted by atomic mass is 10.1. The first-order valence-corrected chi connectivity index (χ1v) is 12.4. The maximum Gasteiger partial charge on any atom is 0.365 e. The number of benzene rings is 3. The maximum absolute atomic E-state index is 12.7. The molecule has 8 nitrogen and oxygen atoms in total. The Morgan fingerprint density at radius 3 is 2.31 bits per heavy atom. The zero-order valence-corrected chi connectivity index (χ0v) is 20.9. The SMILES string of the molecule is CCOC(=O)/C(=N\Nc1ccc(OC)cc1)Sc1nnc(CCc2ccccc2)n1-c1ccccc1. The number of nitrogens with one attached hydrogen (secondary N) is 1. The van der Waals surface area contributed by atoms with E-state index in [4.69, 9.17) is 9.47 Å². The van der Waals surface area contributed by atoms with E-state index in [0.717, 1.165) is 35.4 Å². The summed E-state index contributed by atoms with van der Waals surface area (Å²) in [5, 5.41) is 13.8. The number of carbonyl (C=O) groups is 1. The van der Waals surface area contributed by atoms with Crippen LogP contribution in [0.25, 0.3) is 5.69 Å². The summed E-state index contributed by atoms with van der Waals surface area (Å²) in [6.45, 7) is 1.99. The summed E-state index contributed by atoms with van der Waals surface area (Å²) in [7, 11) is 1.60. The molecular weight excluding hydrogens is 474 g/mol. The molecule has 3 aromatic carbocycles. The number of para-hydroxylation sites is 1. The van der Waals surface area contributed by atoms with Gasteiger partial charge in [-0.15, -0.1) is 10.2 Å². The third-order valence-corrected chi connectivity index (χ3v) is 6.11. The van der Waals surface area contributed by atoms with Crippen LogP contribution in [-0.2, 0) is 22.4 Å². The molecule has 0 aliphatic rings. The number of hydrogen-bond acceptors (Lipinski definition) is 8. The van der Waals surface area contributed by atoms with Gasteiger partial charge in [-0.25, -0.2) is 4.79 Å². The fraction of sp³-hybridized carbons (Fsp3) is 0.185. The fourth-order valence-corrected chi connectivity index (χ4v) is 4.23. The molecule has 4 aromatic rings. The third kappa shape index (κ3) is 6.51. The van der Waals surface area contributed by atoms with E-state index >= 15 is 0 Å². The second-order valence-corrected chi connectivity index (χ2v) is 8.59. The van der Waals surface area contributed by atoms with Crippen molar-refractivity contribution in [3.8, 4) is 11.4 Å². The molecular formula is C27H27N5O3S. The molecule has 0 fully saturated rings. The number of esters is 1. The second-order valence-electron chi connectivity index (χ2n) is 7.64. The van der Waals surface area contributed by atoms with Gasteiger partial charge in [0.15, 0.2) is 0 Å². The van der Waals surface area contributed by atoms with E-state index in [2.05, 4.69) is 32.9 Å². The van der Waals surface area contributed by atoms with Crippen molar-refractivity contribution >= 4 is 28.5 Å². The van der Waals surface area contributed by atoms with Crippen molar-refractivity contribution in [1.82, 2.24) is 14.8 Å². The highest BCUT2D eigenvalue weighted by molar-refractivity contribution is 8.15. The molecule has 0 saturated carbocycles. The van der Waals surface area contributed by atoms with E-state index in [1.165, 1.54) is 5.56 Å². The summed E-state index contributed by atoms with van der Waals surface area (Å²) >= 11 is 1.11. The van der Waals surface area contributed by atoms with Gasteiger partial charge in [-0.3, -0.25) is 9.99 Å². The van der Waals surface area contributed by atoms with Crippen molar-refractivity contribution in [1.29, 1.82) is 0 Å². The summed E-state index contributed by atoms with van der Waals surface area (Å²) in [6, 6.07) is 27.3. The van der Waals surface area contributed by atoms with E-state index in [9.17, 15) is 4.79 Å². The van der Waals surface area contributed by atoms with E-state index < -0.39 is 5.97 Å². The van der Waals surface area contributed by atoms with Crippen molar-refractivity contribution in [3.63, 3.8) is 0 Å². The number of carbonyl (C=O) groups excluding carboxylic acids is 1. The fourth-order valence-electron chi connectivity index (χ4n) is 3.44. The average Bonchev–Trinajstić information content (AvgIpc) is 3.33. The van der Waals surface area contributed by atoms with Crippen molar-refractivity contribution < 1.29 is 14.3 Å². The van der Waals surface area contributed by atoms with Crippen LogP contribution in [0.3, 0.4) is 0 Å². The highest BCUT2D eigenvalue weighted by Crippen LogP contribution is 2.25. The Labute approximate surface area is 214 Å². The number of ether oxygens (including phenoxy) is 2. The Morgan fingerprint density at radius 2 is 1.64 bits per heavy atom. The smallest absolute Gasteiger partial charge is 0.365 e. The van der Waals surface area contributed by atoms with E-state index in [1.807, 2.05) is 65.2 Å². The standard InChI is InChI=1S/C27H27N5O3S/c1-3-35-26(33)25(30-28-21-15-17-23(34-2)18-16-21)36-27-31-29-24(19-14-20-10-6-4-7-11-20)32(27)22-12-8-5-9-13-22/h4-13,15-18,28H,3,14,19H2,1-2H3/b30-25+. The molecule has 0 aliphatic heterocycles. The largest absolute Gasteiger partial charge is 0.497 e. The van der Waals surface area contributed by atoms with Crippen LogP contribution in [0, 0.1) is 0 Å². The summed E-state index contributed by atoms with van der Waals surface area (Å²) in [5.41, 5.74) is 5.74. The lowest BCUT2D eigenvalue weighted by Gasteiger charge is -2.11. The Morgan fingerprint density at radius 1 is 0.944 bits per heavy atom. The van der Waals surface area contributed by atoms with Crippen molar-refractivity contribution in [2.45, 2.75) is 24.9 Å². The Kier molecular flexibility index (Phi) is 8.72. The Hall–Kier alpha value is -4.11. The average molecular weight is 502 g/mol. The van der Waals surface area contributed by atoms with Gasteiger partial charge >= 0.3 is 5.97 Å². The van der Waals surface area contributed by atoms with Crippen molar-refractivity contribution in [2.75, 3.05) is 19.1 Å². The van der Waals surface area contributed by atoms with Crippen LogP contribution in [-0.4, -0.2) is 39.5 Å². The monoisotopic (exact) mass is 501 g/mol. The van der Waals surface area contributed by atoms with Crippen LogP contribution in [0.1, 0.15) is 18.3 Å². The molecule has 1 heterocycles. The maximum atomic E-state index is 12.7. The van der Waals surface area contributed by atoms with E-state index in [1.54, 1.807) is 26.2 Å². The van der Waals surface area contributed by atoms with Gasteiger partial charge in [-0.1, -0.05) is 48.5 Å². The predicted octanol–water partition coefficient (Wildman–Crippen LogP) is 5.14.